The molecule has 29 heavy (non-hydrogen) atoms. The second-order valence-corrected chi connectivity index (χ2v) is 9.39. The summed E-state index contributed by atoms with van der Waals surface area (Å²) in [6.07, 6.45) is 14.7. The summed E-state index contributed by atoms with van der Waals surface area (Å²) in [7, 11) is 0. The lowest BCUT2D eigenvalue weighted by Gasteiger charge is -2.41. The third kappa shape index (κ3) is 4.15. The first-order chi connectivity index (χ1) is 13.8. The molecule has 1 aromatic rings. The molecule has 0 fully saturated rings. The molecule has 160 valence electrons. The molecule has 2 heterocycles. The van der Waals surface area contributed by atoms with Crippen molar-refractivity contribution >= 4 is 11.7 Å². The van der Waals surface area contributed by atoms with E-state index in [1.54, 1.807) is 0 Å². The largest absolute Gasteiger partial charge is 0.366 e. The summed E-state index contributed by atoms with van der Waals surface area (Å²) in [5, 5.41) is 11.9. The van der Waals surface area contributed by atoms with Crippen LogP contribution in [0.3, 0.4) is 0 Å². The van der Waals surface area contributed by atoms with Crippen LogP contribution in [-0.4, -0.2) is 27.3 Å². The second-order valence-electron chi connectivity index (χ2n) is 9.39. The van der Waals surface area contributed by atoms with Crippen molar-refractivity contribution in [1.29, 1.82) is 0 Å². The molecule has 1 unspecified atom stereocenters. The number of aryl methyl sites for hydroxylation is 1. The predicted octanol–water partition coefficient (Wildman–Crippen LogP) is 5.33. The van der Waals surface area contributed by atoms with Crippen LogP contribution in [0.15, 0.2) is 24.3 Å². The molecule has 1 aliphatic heterocycles. The van der Waals surface area contributed by atoms with Crippen molar-refractivity contribution in [2.75, 3.05) is 5.32 Å². The number of aromatic nitrogens is 2. The van der Waals surface area contributed by atoms with Gasteiger partial charge in [0.1, 0.15) is 11.4 Å². The van der Waals surface area contributed by atoms with E-state index in [1.165, 1.54) is 0 Å². The molecule has 1 aliphatic carbocycles. The van der Waals surface area contributed by atoms with Crippen LogP contribution in [0.4, 0.5) is 5.82 Å². The lowest BCUT2D eigenvalue weighted by atomic mass is 9.82. The van der Waals surface area contributed by atoms with Gasteiger partial charge in [-0.15, -0.1) is 0 Å². The van der Waals surface area contributed by atoms with Crippen LogP contribution in [0.2, 0.25) is 0 Å². The summed E-state index contributed by atoms with van der Waals surface area (Å²) in [6, 6.07) is 0.291. The number of rotatable bonds is 7. The summed E-state index contributed by atoms with van der Waals surface area (Å²) in [5.41, 5.74) is 1.23. The number of fused-ring (bicyclic) bond motifs is 1. The Hall–Kier alpha value is -2.04. The van der Waals surface area contributed by atoms with Gasteiger partial charge in [-0.3, -0.25) is 4.79 Å². The molecule has 1 aromatic heterocycles. The number of carbonyl (C=O) groups is 1. The Kier molecular flexibility index (Phi) is 6.25. The van der Waals surface area contributed by atoms with Gasteiger partial charge in [-0.2, -0.15) is 5.10 Å². The summed E-state index contributed by atoms with van der Waals surface area (Å²) in [6.45, 7) is 12.9. The number of anilines is 1. The summed E-state index contributed by atoms with van der Waals surface area (Å²) < 4.78 is 2.04. The molecule has 0 aromatic carbocycles. The molecule has 0 radical (unpaired) electrons. The van der Waals surface area contributed by atoms with Crippen LogP contribution in [0.1, 0.15) is 89.2 Å². The van der Waals surface area contributed by atoms with Crippen molar-refractivity contribution in [3.63, 3.8) is 0 Å². The maximum atomic E-state index is 13.5. The monoisotopic (exact) mass is 398 g/mol. The lowest BCUT2D eigenvalue weighted by Crippen LogP contribution is -2.48. The fourth-order valence-corrected chi connectivity index (χ4v) is 5.00. The van der Waals surface area contributed by atoms with E-state index >= 15 is 0 Å². The van der Waals surface area contributed by atoms with Crippen molar-refractivity contribution in [2.24, 2.45) is 5.92 Å². The Bertz CT molecular complexity index is 798. The van der Waals surface area contributed by atoms with E-state index in [0.717, 1.165) is 50.0 Å². The Morgan fingerprint density at radius 3 is 2.62 bits per heavy atom. The van der Waals surface area contributed by atoms with E-state index < -0.39 is 0 Å². The van der Waals surface area contributed by atoms with E-state index in [9.17, 15) is 4.79 Å². The summed E-state index contributed by atoms with van der Waals surface area (Å²) >= 11 is 0. The van der Waals surface area contributed by atoms with Gasteiger partial charge in [0.15, 0.2) is 0 Å². The van der Waals surface area contributed by atoms with Gasteiger partial charge < -0.3 is 10.6 Å². The third-order valence-corrected chi connectivity index (χ3v) is 6.89. The minimum absolute atomic E-state index is 0.00364. The van der Waals surface area contributed by atoms with Gasteiger partial charge >= 0.3 is 0 Å². The van der Waals surface area contributed by atoms with Gasteiger partial charge in [0.25, 0.3) is 5.91 Å². The molecule has 0 saturated heterocycles. The van der Waals surface area contributed by atoms with E-state index in [1.807, 2.05) is 11.6 Å². The lowest BCUT2D eigenvalue weighted by molar-refractivity contribution is 0.0884. The molecule has 2 N–H and O–H groups in total. The van der Waals surface area contributed by atoms with Gasteiger partial charge in [-0.25, -0.2) is 4.68 Å². The van der Waals surface area contributed by atoms with Crippen molar-refractivity contribution in [3.8, 4) is 0 Å². The molecular formula is C24H38N4O. The molecule has 3 rings (SSSR count). The zero-order chi connectivity index (χ0) is 21.2. The third-order valence-electron chi connectivity index (χ3n) is 6.89. The number of hydrogen-bond acceptors (Lipinski definition) is 3. The minimum atomic E-state index is -0.145. The number of nitrogens with one attached hydrogen (secondary N) is 2. The van der Waals surface area contributed by atoms with Gasteiger partial charge in [0.2, 0.25) is 0 Å². The Labute approximate surface area is 176 Å². The smallest absolute Gasteiger partial charge is 0.257 e. The van der Waals surface area contributed by atoms with E-state index in [2.05, 4.69) is 69.6 Å². The van der Waals surface area contributed by atoms with Crippen LogP contribution in [0.5, 0.6) is 0 Å². The minimum Gasteiger partial charge on any atom is -0.366 e. The molecule has 5 heteroatoms. The predicted molar refractivity (Wildman–Crippen MR) is 120 cm³/mol. The van der Waals surface area contributed by atoms with Crippen LogP contribution in [0.25, 0.3) is 0 Å². The number of hydrogen-bond donors (Lipinski definition) is 2. The van der Waals surface area contributed by atoms with Crippen molar-refractivity contribution in [1.82, 2.24) is 15.1 Å². The van der Waals surface area contributed by atoms with Crippen LogP contribution >= 0.6 is 0 Å². The Balaban J connectivity index is 1.94. The van der Waals surface area contributed by atoms with Gasteiger partial charge in [0, 0.05) is 17.5 Å². The van der Waals surface area contributed by atoms with E-state index in [-0.39, 0.29) is 17.0 Å². The topological polar surface area (TPSA) is 59.0 Å². The maximum absolute atomic E-state index is 13.5. The van der Waals surface area contributed by atoms with Crippen molar-refractivity contribution in [3.05, 3.63) is 35.6 Å². The fourth-order valence-electron chi connectivity index (χ4n) is 5.00. The van der Waals surface area contributed by atoms with Gasteiger partial charge in [-0.05, 0) is 52.9 Å². The Morgan fingerprint density at radius 2 is 2.03 bits per heavy atom. The van der Waals surface area contributed by atoms with Crippen molar-refractivity contribution < 1.29 is 4.79 Å². The number of allylic oxidation sites excluding steroid dienone is 3. The molecule has 1 amide bonds. The maximum Gasteiger partial charge on any atom is 0.257 e. The summed E-state index contributed by atoms with van der Waals surface area (Å²) in [4.78, 5) is 13.5. The van der Waals surface area contributed by atoms with Crippen molar-refractivity contribution in [2.45, 2.75) is 97.2 Å². The van der Waals surface area contributed by atoms with Crippen LogP contribution in [0, 0.1) is 12.8 Å². The van der Waals surface area contributed by atoms with Gasteiger partial charge in [-0.1, -0.05) is 51.5 Å². The van der Waals surface area contributed by atoms with Gasteiger partial charge in [0.05, 0.1) is 11.2 Å². The molecule has 2 atom stereocenters. The highest BCUT2D eigenvalue weighted by Gasteiger charge is 2.40. The standard InChI is InChI=1S/C24H38N4O/c1-7-15-24(8-2,9-3)26-22(29)20-17(4)27-28-21(20)25-19(16-23(28,5)6)18-13-11-10-12-14-18/h10-13,18-19,25H,7-9,14-16H2,1-6H3,(H,26,29)/t18?,19-/m1/s1. The normalized spacial score (nSPS) is 22.8. The average molecular weight is 399 g/mol. The Morgan fingerprint density at radius 1 is 1.31 bits per heavy atom. The van der Waals surface area contributed by atoms with E-state index in [4.69, 9.17) is 5.10 Å². The fraction of sp³-hybridized carbons (Fsp3) is 0.667. The summed E-state index contributed by atoms with van der Waals surface area (Å²) in [5.74, 6) is 1.32. The van der Waals surface area contributed by atoms with Crippen LogP contribution < -0.4 is 10.6 Å². The number of carbonyl (C=O) groups excluding carboxylic acids is 1. The first-order valence-corrected chi connectivity index (χ1v) is 11.3. The molecule has 5 nitrogen and oxygen atoms in total. The van der Waals surface area contributed by atoms with Crippen LogP contribution in [-0.2, 0) is 5.54 Å². The highest BCUT2D eigenvalue weighted by Crippen LogP contribution is 2.39. The molecule has 0 spiro atoms. The zero-order valence-electron chi connectivity index (χ0n) is 19.0. The number of nitrogens with zero attached hydrogens (tertiary/aromatic N) is 2. The highest BCUT2D eigenvalue weighted by atomic mass is 16.2. The first kappa shape index (κ1) is 21.7. The molecule has 0 saturated carbocycles. The van der Waals surface area contributed by atoms with E-state index in [0.29, 0.717) is 17.5 Å². The quantitative estimate of drug-likeness (QED) is 0.652. The zero-order valence-corrected chi connectivity index (χ0v) is 19.0. The molecule has 2 aliphatic rings. The average Bonchev–Trinajstić information content (AvgIpc) is 3.05. The highest BCUT2D eigenvalue weighted by molar-refractivity contribution is 6.00. The first-order valence-electron chi connectivity index (χ1n) is 11.3. The second kappa shape index (κ2) is 8.37. The number of amides is 1. The molecular weight excluding hydrogens is 360 g/mol. The molecule has 0 bridgehead atoms. The SMILES string of the molecule is CCCC(CC)(CC)NC(=O)c1c(C)nn2c1N[C@@H](C1C=CC=CC1)CC2(C)C.